The number of amides is 1. The average molecular weight is 293 g/mol. The molecule has 0 saturated heterocycles. The third-order valence-electron chi connectivity index (χ3n) is 3.33. The highest BCUT2D eigenvalue weighted by molar-refractivity contribution is 7.86. The van der Waals surface area contributed by atoms with E-state index in [4.69, 9.17) is 9.29 Å². The van der Waals surface area contributed by atoms with Gasteiger partial charge in [0.05, 0.1) is 5.25 Å². The van der Waals surface area contributed by atoms with Gasteiger partial charge in [0.2, 0.25) is 0 Å². The number of hydrogen-bond donors (Lipinski definition) is 2. The van der Waals surface area contributed by atoms with E-state index in [2.05, 4.69) is 5.32 Å². The van der Waals surface area contributed by atoms with Crippen LogP contribution in [0.4, 0.5) is 4.79 Å². The molecular weight excluding hydrogens is 270 g/mol. The quantitative estimate of drug-likeness (QED) is 0.776. The Bertz CT molecular complexity index is 426. The van der Waals surface area contributed by atoms with Crippen molar-refractivity contribution in [3.8, 4) is 0 Å². The fourth-order valence-corrected chi connectivity index (χ4v) is 3.02. The van der Waals surface area contributed by atoms with E-state index in [0.717, 1.165) is 0 Å². The lowest BCUT2D eigenvalue weighted by Gasteiger charge is -2.22. The summed E-state index contributed by atoms with van der Waals surface area (Å²) < 4.78 is 36.3. The summed E-state index contributed by atoms with van der Waals surface area (Å²) >= 11 is 0. The van der Waals surface area contributed by atoms with Crippen LogP contribution in [0.3, 0.4) is 0 Å². The third-order valence-corrected chi connectivity index (χ3v) is 4.65. The molecule has 2 N–H and O–H groups in total. The standard InChI is InChI=1S/C12H23NO5S/c1-8(19(15,16)17)9-5-6-10(7-9)13-11(14)18-12(2,3)4/h8-10H,5-7H2,1-4H3,(H,13,14)(H,15,16,17)/t8?,9-,10+/m1/s1. The van der Waals surface area contributed by atoms with Crippen molar-refractivity contribution in [1.82, 2.24) is 5.32 Å². The normalized spacial score (nSPS) is 25.9. The van der Waals surface area contributed by atoms with Crippen LogP contribution in [-0.2, 0) is 14.9 Å². The van der Waals surface area contributed by atoms with Crippen LogP contribution >= 0.6 is 0 Å². The van der Waals surface area contributed by atoms with E-state index in [-0.39, 0.29) is 12.0 Å². The molecule has 0 spiro atoms. The summed E-state index contributed by atoms with van der Waals surface area (Å²) in [5.74, 6) is -0.130. The predicted molar refractivity (Wildman–Crippen MR) is 71.5 cm³/mol. The Morgan fingerprint density at radius 2 is 1.95 bits per heavy atom. The zero-order valence-electron chi connectivity index (χ0n) is 11.8. The summed E-state index contributed by atoms with van der Waals surface area (Å²) in [6.07, 6.45) is 1.42. The van der Waals surface area contributed by atoms with Gasteiger partial charge in [-0.1, -0.05) is 0 Å². The van der Waals surface area contributed by atoms with Crippen molar-refractivity contribution in [2.24, 2.45) is 5.92 Å². The second kappa shape index (κ2) is 5.66. The molecule has 1 unspecified atom stereocenters. The molecule has 0 aromatic carbocycles. The van der Waals surface area contributed by atoms with Gasteiger partial charge >= 0.3 is 6.09 Å². The Balaban J connectivity index is 2.47. The number of carbonyl (C=O) groups is 1. The van der Waals surface area contributed by atoms with Crippen LogP contribution in [0.2, 0.25) is 0 Å². The molecule has 112 valence electrons. The van der Waals surface area contributed by atoms with Gasteiger partial charge in [0.25, 0.3) is 10.1 Å². The van der Waals surface area contributed by atoms with Gasteiger partial charge in [-0.25, -0.2) is 4.79 Å². The molecule has 0 heterocycles. The van der Waals surface area contributed by atoms with Crippen molar-refractivity contribution in [2.45, 2.75) is 63.9 Å². The molecule has 1 rings (SSSR count). The second-order valence-electron chi connectivity index (χ2n) is 6.14. The van der Waals surface area contributed by atoms with Crippen molar-refractivity contribution >= 4 is 16.2 Å². The van der Waals surface area contributed by atoms with Gasteiger partial charge in [0.1, 0.15) is 5.60 Å². The maximum absolute atomic E-state index is 11.6. The molecular formula is C12H23NO5S. The number of carbonyl (C=O) groups excluding carboxylic acids is 1. The Kier molecular flexibility index (Phi) is 4.84. The smallest absolute Gasteiger partial charge is 0.407 e. The first kappa shape index (κ1) is 16.2. The largest absolute Gasteiger partial charge is 0.444 e. The molecule has 6 nitrogen and oxygen atoms in total. The molecule has 0 radical (unpaired) electrons. The number of ether oxygens (including phenoxy) is 1. The Morgan fingerprint density at radius 3 is 2.42 bits per heavy atom. The highest BCUT2D eigenvalue weighted by Gasteiger charge is 2.35. The molecule has 1 fully saturated rings. The van der Waals surface area contributed by atoms with E-state index in [9.17, 15) is 13.2 Å². The van der Waals surface area contributed by atoms with E-state index in [1.165, 1.54) is 6.92 Å². The molecule has 0 aromatic heterocycles. The molecule has 1 aliphatic rings. The van der Waals surface area contributed by atoms with Gasteiger partial charge in [0, 0.05) is 6.04 Å². The topological polar surface area (TPSA) is 92.7 Å². The summed E-state index contributed by atoms with van der Waals surface area (Å²) in [4.78, 5) is 11.6. The first-order valence-electron chi connectivity index (χ1n) is 6.45. The van der Waals surface area contributed by atoms with E-state index >= 15 is 0 Å². The van der Waals surface area contributed by atoms with Crippen LogP contribution in [0.1, 0.15) is 47.0 Å². The summed E-state index contributed by atoms with van der Waals surface area (Å²) in [6.45, 7) is 6.84. The lowest BCUT2D eigenvalue weighted by atomic mass is 10.0. The molecule has 1 amide bonds. The van der Waals surface area contributed by atoms with E-state index < -0.39 is 27.1 Å². The van der Waals surface area contributed by atoms with Gasteiger partial charge in [-0.05, 0) is 52.9 Å². The summed E-state index contributed by atoms with van der Waals surface area (Å²) in [6, 6.07) is -0.0935. The number of nitrogens with one attached hydrogen (secondary N) is 1. The van der Waals surface area contributed by atoms with Crippen LogP contribution in [-0.4, -0.2) is 36.0 Å². The molecule has 19 heavy (non-hydrogen) atoms. The lowest BCUT2D eigenvalue weighted by molar-refractivity contribution is 0.0504. The van der Waals surface area contributed by atoms with Crippen LogP contribution < -0.4 is 5.32 Å². The van der Waals surface area contributed by atoms with Gasteiger partial charge in [-0.2, -0.15) is 8.42 Å². The minimum Gasteiger partial charge on any atom is -0.444 e. The van der Waals surface area contributed by atoms with Crippen molar-refractivity contribution in [1.29, 1.82) is 0 Å². The van der Waals surface area contributed by atoms with E-state index in [1.54, 1.807) is 20.8 Å². The van der Waals surface area contributed by atoms with Gasteiger partial charge in [0.15, 0.2) is 0 Å². The van der Waals surface area contributed by atoms with E-state index in [1.807, 2.05) is 0 Å². The first-order chi connectivity index (χ1) is 8.49. The average Bonchev–Trinajstić information content (AvgIpc) is 2.60. The first-order valence-corrected chi connectivity index (χ1v) is 7.95. The number of rotatable bonds is 3. The zero-order chi connectivity index (χ0) is 14.8. The SMILES string of the molecule is CC([C@@H]1CC[C@H](NC(=O)OC(C)(C)C)C1)S(=O)(=O)O. The Labute approximate surface area is 114 Å². The zero-order valence-corrected chi connectivity index (χ0v) is 12.7. The number of alkyl carbamates (subject to hydrolysis) is 1. The Morgan fingerprint density at radius 1 is 1.37 bits per heavy atom. The monoisotopic (exact) mass is 293 g/mol. The van der Waals surface area contributed by atoms with Crippen LogP contribution in [0, 0.1) is 5.92 Å². The van der Waals surface area contributed by atoms with Crippen molar-refractivity contribution in [3.05, 3.63) is 0 Å². The summed E-state index contributed by atoms with van der Waals surface area (Å²) in [5.41, 5.74) is -0.552. The Hall–Kier alpha value is -0.820. The van der Waals surface area contributed by atoms with Crippen LogP contribution in [0.15, 0.2) is 0 Å². The molecule has 1 saturated carbocycles. The summed E-state index contributed by atoms with van der Waals surface area (Å²) in [5, 5.41) is 1.94. The molecule has 0 bridgehead atoms. The third kappa shape index (κ3) is 5.36. The minimum atomic E-state index is -4.01. The van der Waals surface area contributed by atoms with Gasteiger partial charge in [-0.15, -0.1) is 0 Å². The fraction of sp³-hybridized carbons (Fsp3) is 0.917. The highest BCUT2D eigenvalue weighted by Crippen LogP contribution is 2.31. The maximum atomic E-state index is 11.6. The molecule has 7 heteroatoms. The molecule has 0 aliphatic heterocycles. The second-order valence-corrected chi connectivity index (χ2v) is 7.91. The fourth-order valence-electron chi connectivity index (χ4n) is 2.29. The van der Waals surface area contributed by atoms with Crippen LogP contribution in [0.5, 0.6) is 0 Å². The minimum absolute atomic E-state index is 0.0935. The lowest BCUT2D eigenvalue weighted by Crippen LogP contribution is -2.38. The highest BCUT2D eigenvalue weighted by atomic mass is 32.2. The molecule has 0 aromatic rings. The summed E-state index contributed by atoms with van der Waals surface area (Å²) in [7, 11) is -4.01. The van der Waals surface area contributed by atoms with Crippen molar-refractivity contribution in [3.63, 3.8) is 0 Å². The molecule has 3 atom stereocenters. The van der Waals surface area contributed by atoms with E-state index in [0.29, 0.717) is 19.3 Å². The predicted octanol–water partition coefficient (Wildman–Crippen LogP) is 1.96. The van der Waals surface area contributed by atoms with Crippen LogP contribution in [0.25, 0.3) is 0 Å². The molecule has 1 aliphatic carbocycles. The number of hydrogen-bond acceptors (Lipinski definition) is 4. The maximum Gasteiger partial charge on any atom is 0.407 e. The van der Waals surface area contributed by atoms with Gasteiger partial charge in [-0.3, -0.25) is 4.55 Å². The van der Waals surface area contributed by atoms with Crippen molar-refractivity contribution in [2.75, 3.05) is 0 Å². The van der Waals surface area contributed by atoms with Gasteiger partial charge < -0.3 is 10.1 Å². The van der Waals surface area contributed by atoms with Crippen molar-refractivity contribution < 1.29 is 22.5 Å².